The summed E-state index contributed by atoms with van der Waals surface area (Å²) in [6, 6.07) is 7.62. The molecular weight excluding hydrogens is 319 g/mol. The van der Waals surface area contributed by atoms with Crippen LogP contribution in [-0.2, 0) is 16.1 Å². The van der Waals surface area contributed by atoms with Crippen LogP contribution in [0.2, 0.25) is 0 Å². The van der Waals surface area contributed by atoms with Crippen molar-refractivity contribution in [2.75, 3.05) is 4.43 Å². The Balaban J connectivity index is 2.46. The normalized spacial score (nSPS) is 9.88. The molecule has 0 radical (unpaired) electrons. The molecule has 3 nitrogen and oxygen atoms in total. The summed E-state index contributed by atoms with van der Waals surface area (Å²) in [7, 11) is 0. The molecule has 88 valence electrons. The summed E-state index contributed by atoms with van der Waals surface area (Å²) in [6.07, 6.45) is 3.41. The first-order valence-corrected chi connectivity index (χ1v) is 6.75. The maximum atomic E-state index is 10.6. The maximum Gasteiger partial charge on any atom is 0.352 e. The second-order valence-electron chi connectivity index (χ2n) is 3.45. The van der Waals surface area contributed by atoms with E-state index < -0.39 is 5.97 Å². The van der Waals surface area contributed by atoms with Crippen molar-refractivity contribution in [1.82, 2.24) is 0 Å². The Labute approximate surface area is 109 Å². The predicted octanol–water partition coefficient (Wildman–Crippen LogP) is 3.30. The molecule has 0 aliphatic heterocycles. The lowest BCUT2D eigenvalue weighted by Gasteiger charge is -2.04. The molecule has 0 saturated heterocycles. The molecule has 0 amide bonds. The minimum Gasteiger partial charge on any atom is -0.287 e. The molecule has 16 heavy (non-hydrogen) atoms. The van der Waals surface area contributed by atoms with E-state index in [2.05, 4.69) is 27.5 Å². The van der Waals surface area contributed by atoms with Gasteiger partial charge in [-0.3, -0.25) is 9.78 Å². The lowest BCUT2D eigenvalue weighted by Crippen LogP contribution is -2.02. The van der Waals surface area contributed by atoms with E-state index in [0.717, 1.165) is 6.42 Å². The third-order valence-electron chi connectivity index (χ3n) is 2.00. The van der Waals surface area contributed by atoms with E-state index in [9.17, 15) is 4.79 Å². The summed E-state index contributed by atoms with van der Waals surface area (Å²) in [6.45, 7) is 1.31. The molecule has 0 fully saturated rings. The van der Waals surface area contributed by atoms with Gasteiger partial charge in [-0.15, -0.1) is 0 Å². The van der Waals surface area contributed by atoms with Gasteiger partial charge in [-0.2, -0.15) is 0 Å². The third-order valence-corrected chi connectivity index (χ3v) is 2.77. The van der Waals surface area contributed by atoms with Crippen LogP contribution in [0.5, 0.6) is 5.75 Å². The van der Waals surface area contributed by atoms with Crippen molar-refractivity contribution in [3.63, 3.8) is 0 Å². The average molecular weight is 334 g/mol. The van der Waals surface area contributed by atoms with Crippen molar-refractivity contribution in [2.24, 2.45) is 0 Å². The van der Waals surface area contributed by atoms with Crippen LogP contribution >= 0.6 is 22.6 Å². The molecule has 0 heterocycles. The molecule has 0 aromatic heterocycles. The molecule has 0 aliphatic rings. The highest BCUT2D eigenvalue weighted by Crippen LogP contribution is 2.15. The Morgan fingerprint density at radius 1 is 1.38 bits per heavy atom. The summed E-state index contributed by atoms with van der Waals surface area (Å²) < 4.78 is 1.18. The zero-order valence-corrected chi connectivity index (χ0v) is 11.4. The van der Waals surface area contributed by atoms with Crippen LogP contribution in [0, 0.1) is 0 Å². The Hall–Kier alpha value is -0.780. The van der Waals surface area contributed by atoms with Crippen molar-refractivity contribution in [3.05, 3.63) is 29.8 Å². The summed E-state index contributed by atoms with van der Waals surface area (Å²) in [4.78, 5) is 19.9. The molecule has 0 saturated carbocycles. The van der Waals surface area contributed by atoms with E-state index in [1.165, 1.54) is 29.8 Å². The average Bonchev–Trinajstić information content (AvgIpc) is 2.27. The molecular formula is C12H15IO3. The van der Waals surface area contributed by atoms with E-state index in [4.69, 9.17) is 4.89 Å². The number of hydrogen-bond donors (Lipinski definition) is 0. The van der Waals surface area contributed by atoms with E-state index in [1.807, 2.05) is 18.2 Å². The van der Waals surface area contributed by atoms with Crippen LogP contribution in [-0.4, -0.2) is 10.4 Å². The Morgan fingerprint density at radius 3 is 2.88 bits per heavy atom. The molecule has 4 heteroatoms. The van der Waals surface area contributed by atoms with Crippen LogP contribution in [0.1, 0.15) is 25.3 Å². The van der Waals surface area contributed by atoms with Gasteiger partial charge >= 0.3 is 5.97 Å². The number of rotatable bonds is 6. The number of carbonyl (C=O) groups is 1. The van der Waals surface area contributed by atoms with Gasteiger partial charge in [0.1, 0.15) is 0 Å². The highest BCUT2D eigenvalue weighted by molar-refractivity contribution is 14.1. The molecule has 1 aromatic carbocycles. The highest BCUT2D eigenvalue weighted by Gasteiger charge is 2.00. The van der Waals surface area contributed by atoms with Gasteiger partial charge in [-0.1, -0.05) is 34.7 Å². The molecule has 0 aliphatic carbocycles. The number of carbonyl (C=O) groups excluding carboxylic acids is 1. The zero-order chi connectivity index (χ0) is 11.8. The van der Waals surface area contributed by atoms with Crippen LogP contribution in [0.25, 0.3) is 0 Å². The van der Waals surface area contributed by atoms with E-state index >= 15 is 0 Å². The number of hydrogen-bond acceptors (Lipinski definition) is 3. The fourth-order valence-corrected chi connectivity index (χ4v) is 1.82. The smallest absolute Gasteiger partial charge is 0.287 e. The fourth-order valence-electron chi connectivity index (χ4n) is 1.28. The molecule has 0 spiro atoms. The first-order valence-electron chi connectivity index (χ1n) is 5.22. The van der Waals surface area contributed by atoms with Crippen molar-refractivity contribution < 1.29 is 14.6 Å². The predicted molar refractivity (Wildman–Crippen MR) is 70.7 cm³/mol. The van der Waals surface area contributed by atoms with Crippen LogP contribution in [0.4, 0.5) is 0 Å². The van der Waals surface area contributed by atoms with Gasteiger partial charge in [-0.05, 0) is 41.4 Å². The van der Waals surface area contributed by atoms with Gasteiger partial charge in [0.15, 0.2) is 5.75 Å². The minimum atomic E-state index is -0.449. The van der Waals surface area contributed by atoms with Crippen LogP contribution < -0.4 is 4.89 Å². The van der Waals surface area contributed by atoms with Gasteiger partial charge in [0.2, 0.25) is 0 Å². The number of benzene rings is 1. The summed E-state index contributed by atoms with van der Waals surface area (Å²) >= 11 is 2.38. The Bertz CT molecular complexity index is 339. The van der Waals surface area contributed by atoms with Crippen molar-refractivity contribution >= 4 is 28.6 Å². The van der Waals surface area contributed by atoms with Gasteiger partial charge in [-0.25, -0.2) is 4.79 Å². The first kappa shape index (κ1) is 13.3. The van der Waals surface area contributed by atoms with Crippen molar-refractivity contribution in [1.29, 1.82) is 0 Å². The van der Waals surface area contributed by atoms with Gasteiger partial charge in [0.25, 0.3) is 0 Å². The third kappa shape index (κ3) is 5.34. The van der Waals surface area contributed by atoms with Crippen molar-refractivity contribution in [2.45, 2.75) is 26.2 Å². The van der Waals surface area contributed by atoms with E-state index in [-0.39, 0.29) is 0 Å². The largest absolute Gasteiger partial charge is 0.352 e. The van der Waals surface area contributed by atoms with Crippen molar-refractivity contribution in [3.8, 4) is 5.75 Å². The standard InChI is InChI=1S/C12H15IO3/c1-10(14)15-16-12-7-4-6-11(9-12)5-2-3-8-13/h4,6-7,9H,2-3,5,8H2,1H3. The fraction of sp³-hybridized carbons (Fsp3) is 0.417. The second kappa shape index (κ2) is 7.49. The zero-order valence-electron chi connectivity index (χ0n) is 9.24. The Kier molecular flexibility index (Phi) is 6.22. The van der Waals surface area contributed by atoms with E-state index in [0.29, 0.717) is 5.75 Å². The quantitative estimate of drug-likeness (QED) is 0.263. The minimum absolute atomic E-state index is 0.449. The van der Waals surface area contributed by atoms with Crippen LogP contribution in [0.15, 0.2) is 24.3 Å². The second-order valence-corrected chi connectivity index (χ2v) is 4.53. The number of unbranched alkanes of at least 4 members (excludes halogenated alkanes) is 1. The monoisotopic (exact) mass is 334 g/mol. The molecule has 0 atom stereocenters. The summed E-state index contributed by atoms with van der Waals surface area (Å²) in [5.74, 6) is 0.123. The highest BCUT2D eigenvalue weighted by atomic mass is 127. The first-order chi connectivity index (χ1) is 7.72. The van der Waals surface area contributed by atoms with Gasteiger partial charge in [0, 0.05) is 6.92 Å². The Morgan fingerprint density at radius 2 is 2.19 bits per heavy atom. The summed E-state index contributed by atoms with van der Waals surface area (Å²) in [5.41, 5.74) is 1.20. The van der Waals surface area contributed by atoms with E-state index in [1.54, 1.807) is 6.07 Å². The van der Waals surface area contributed by atoms with Crippen LogP contribution in [0.3, 0.4) is 0 Å². The SMILES string of the molecule is CC(=O)OOc1cccc(CCCCI)c1. The number of aryl methyl sites for hydroxylation is 1. The lowest BCUT2D eigenvalue weighted by atomic mass is 10.1. The molecule has 0 N–H and O–H groups in total. The van der Waals surface area contributed by atoms with Gasteiger partial charge < -0.3 is 0 Å². The topological polar surface area (TPSA) is 35.5 Å². The molecule has 1 aromatic rings. The molecule has 1 rings (SSSR count). The maximum absolute atomic E-state index is 10.6. The van der Waals surface area contributed by atoms with Gasteiger partial charge in [0.05, 0.1) is 0 Å². The summed E-state index contributed by atoms with van der Waals surface area (Å²) in [5, 5.41) is 0. The number of alkyl halides is 1. The molecule has 0 unspecified atom stereocenters. The number of halogens is 1. The molecule has 0 bridgehead atoms. The lowest BCUT2D eigenvalue weighted by molar-refractivity contribution is -0.210.